The van der Waals surface area contributed by atoms with Gasteiger partial charge >= 0.3 is 0 Å². The molecule has 0 saturated heterocycles. The molecule has 234 valence electrons. The minimum Gasteiger partial charge on any atom is -0.454 e. The summed E-state index contributed by atoms with van der Waals surface area (Å²) in [6.07, 6.45) is 0. The molecule has 3 heterocycles. The van der Waals surface area contributed by atoms with Crippen LogP contribution in [0.2, 0.25) is 0 Å². The van der Waals surface area contributed by atoms with Crippen molar-refractivity contribution in [3.63, 3.8) is 0 Å². The molecule has 0 amide bonds. The van der Waals surface area contributed by atoms with E-state index in [0.29, 0.717) is 5.82 Å². The first-order valence-electron chi connectivity index (χ1n) is 16.8. The highest BCUT2D eigenvalue weighted by molar-refractivity contribution is 6.13. The highest BCUT2D eigenvalue weighted by Crippen LogP contribution is 2.39. The largest absolute Gasteiger partial charge is 0.454 e. The van der Waals surface area contributed by atoms with Crippen LogP contribution in [0.25, 0.3) is 94.5 Å². The van der Waals surface area contributed by atoms with Crippen LogP contribution in [0.3, 0.4) is 0 Å². The van der Waals surface area contributed by atoms with Crippen LogP contribution < -0.4 is 0 Å². The van der Waals surface area contributed by atoms with Gasteiger partial charge in [0.25, 0.3) is 0 Å². The second-order valence-electron chi connectivity index (χ2n) is 12.6. The lowest BCUT2D eigenvalue weighted by Gasteiger charge is -2.10. The summed E-state index contributed by atoms with van der Waals surface area (Å²) in [5.41, 5.74) is 12.0. The highest BCUT2D eigenvalue weighted by atomic mass is 16.3. The Labute approximate surface area is 288 Å². The van der Waals surface area contributed by atoms with Crippen molar-refractivity contribution in [3.05, 3.63) is 176 Å². The maximum absolute atomic E-state index is 6.78. The summed E-state index contributed by atoms with van der Waals surface area (Å²) in [5.74, 6) is 0.651. The Bertz CT molecular complexity index is 2800. The molecule has 3 aromatic heterocycles. The van der Waals surface area contributed by atoms with E-state index in [1.807, 2.05) is 24.3 Å². The molecule has 0 unspecified atom stereocenters. The number of fused-ring (bicyclic) bond motifs is 6. The Hall–Kier alpha value is -6.78. The molecule has 0 aliphatic rings. The number of hydrogen-bond donors (Lipinski definition) is 0. The van der Waals surface area contributed by atoms with E-state index in [1.165, 1.54) is 21.9 Å². The molecule has 0 atom stereocenters. The molecule has 4 nitrogen and oxygen atoms in total. The fourth-order valence-electron chi connectivity index (χ4n) is 7.23. The Morgan fingerprint density at radius 2 is 0.900 bits per heavy atom. The molecule has 0 fully saturated rings. The van der Waals surface area contributed by atoms with Gasteiger partial charge in [-0.05, 0) is 47.5 Å². The smallest absolute Gasteiger partial charge is 0.160 e. The van der Waals surface area contributed by atoms with Gasteiger partial charge < -0.3 is 8.98 Å². The van der Waals surface area contributed by atoms with E-state index in [1.54, 1.807) is 0 Å². The lowest BCUT2D eigenvalue weighted by atomic mass is 10.0. The third kappa shape index (κ3) is 4.61. The summed E-state index contributed by atoms with van der Waals surface area (Å²) in [4.78, 5) is 10.2. The van der Waals surface area contributed by atoms with Gasteiger partial charge in [-0.3, -0.25) is 0 Å². The molecule has 7 aromatic carbocycles. The number of para-hydroxylation sites is 3. The van der Waals surface area contributed by atoms with Gasteiger partial charge in [-0.1, -0.05) is 140 Å². The van der Waals surface area contributed by atoms with E-state index < -0.39 is 0 Å². The molecule has 0 radical (unpaired) electrons. The van der Waals surface area contributed by atoms with Gasteiger partial charge in [-0.15, -0.1) is 0 Å². The molecule has 50 heavy (non-hydrogen) atoms. The normalized spacial score (nSPS) is 11.6. The van der Waals surface area contributed by atoms with Gasteiger partial charge in [-0.25, -0.2) is 9.97 Å². The van der Waals surface area contributed by atoms with E-state index in [0.717, 1.165) is 66.7 Å². The van der Waals surface area contributed by atoms with Crippen molar-refractivity contribution in [2.75, 3.05) is 0 Å². The van der Waals surface area contributed by atoms with Crippen LogP contribution in [0.5, 0.6) is 0 Å². The van der Waals surface area contributed by atoms with Crippen LogP contribution >= 0.6 is 0 Å². The molecule has 10 rings (SSSR count). The van der Waals surface area contributed by atoms with Gasteiger partial charge in [0.15, 0.2) is 11.4 Å². The second kappa shape index (κ2) is 11.4. The third-order valence-electron chi connectivity index (χ3n) is 9.64. The monoisotopic (exact) mass is 639 g/mol. The van der Waals surface area contributed by atoms with Crippen molar-refractivity contribution in [3.8, 4) is 50.7 Å². The molecule has 4 heteroatoms. The standard InChI is InChI=1S/C46H29N3O/c1-3-12-30(13-4-1)31-22-24-33(25-23-31)40-29-39(32-14-5-2-6-15-32)47-46(48-40)34-26-27-37-38-18-11-21-43(45(38)50-44(37)28-34)49-41-19-9-7-16-35(41)36-17-8-10-20-42(36)49/h1-29H. The molecular weight excluding hydrogens is 611 g/mol. The molecular formula is C46H29N3O. The summed E-state index contributed by atoms with van der Waals surface area (Å²) in [5, 5.41) is 4.57. The minimum atomic E-state index is 0.651. The topological polar surface area (TPSA) is 43.9 Å². The zero-order valence-electron chi connectivity index (χ0n) is 27.0. The third-order valence-corrected chi connectivity index (χ3v) is 9.64. The maximum Gasteiger partial charge on any atom is 0.160 e. The first kappa shape index (κ1) is 28.3. The van der Waals surface area contributed by atoms with Gasteiger partial charge in [0.05, 0.1) is 28.1 Å². The van der Waals surface area contributed by atoms with E-state index >= 15 is 0 Å². The van der Waals surface area contributed by atoms with Gasteiger partial charge in [0.1, 0.15) is 5.58 Å². The molecule has 0 spiro atoms. The lowest BCUT2D eigenvalue weighted by molar-refractivity contribution is 0.666. The van der Waals surface area contributed by atoms with Crippen LogP contribution in [0.1, 0.15) is 0 Å². The van der Waals surface area contributed by atoms with Crippen LogP contribution in [0.4, 0.5) is 0 Å². The maximum atomic E-state index is 6.78. The van der Waals surface area contributed by atoms with E-state index in [4.69, 9.17) is 14.4 Å². The average Bonchev–Trinajstić information content (AvgIpc) is 3.74. The van der Waals surface area contributed by atoms with Crippen molar-refractivity contribution >= 4 is 43.7 Å². The first-order valence-corrected chi connectivity index (χ1v) is 16.8. The number of hydrogen-bond acceptors (Lipinski definition) is 3. The van der Waals surface area contributed by atoms with Crippen molar-refractivity contribution < 1.29 is 4.42 Å². The number of benzene rings is 7. The lowest BCUT2D eigenvalue weighted by Crippen LogP contribution is -1.96. The summed E-state index contributed by atoms with van der Waals surface area (Å²) >= 11 is 0. The van der Waals surface area contributed by atoms with Crippen molar-refractivity contribution in [2.24, 2.45) is 0 Å². The Morgan fingerprint density at radius 3 is 1.58 bits per heavy atom. The van der Waals surface area contributed by atoms with Crippen molar-refractivity contribution in [1.82, 2.24) is 14.5 Å². The molecule has 10 aromatic rings. The van der Waals surface area contributed by atoms with Gasteiger partial charge in [0, 0.05) is 38.2 Å². The van der Waals surface area contributed by atoms with Crippen LogP contribution in [0, 0.1) is 0 Å². The van der Waals surface area contributed by atoms with Crippen molar-refractivity contribution in [2.45, 2.75) is 0 Å². The zero-order valence-corrected chi connectivity index (χ0v) is 27.0. The summed E-state index contributed by atoms with van der Waals surface area (Å²) in [6.45, 7) is 0. The fraction of sp³-hybridized carbons (Fsp3) is 0. The first-order chi connectivity index (χ1) is 24.8. The van der Waals surface area contributed by atoms with Gasteiger partial charge in [-0.2, -0.15) is 0 Å². The van der Waals surface area contributed by atoms with Crippen LogP contribution in [-0.2, 0) is 0 Å². The fourth-order valence-corrected chi connectivity index (χ4v) is 7.23. The predicted octanol–water partition coefficient (Wildman–Crippen LogP) is 12.1. The van der Waals surface area contributed by atoms with E-state index in [9.17, 15) is 0 Å². The Morgan fingerprint density at radius 1 is 0.380 bits per heavy atom. The Kier molecular flexibility index (Phi) is 6.46. The summed E-state index contributed by atoms with van der Waals surface area (Å²) in [7, 11) is 0. The summed E-state index contributed by atoms with van der Waals surface area (Å²) < 4.78 is 9.09. The van der Waals surface area contributed by atoms with Crippen LogP contribution in [0.15, 0.2) is 180 Å². The number of nitrogens with zero attached hydrogens (tertiary/aromatic N) is 3. The highest BCUT2D eigenvalue weighted by Gasteiger charge is 2.18. The quantitative estimate of drug-likeness (QED) is 0.188. The zero-order chi connectivity index (χ0) is 33.0. The van der Waals surface area contributed by atoms with Crippen LogP contribution in [-0.4, -0.2) is 14.5 Å². The molecule has 0 bridgehead atoms. The van der Waals surface area contributed by atoms with E-state index in [2.05, 4.69) is 156 Å². The number of furan rings is 1. The summed E-state index contributed by atoms with van der Waals surface area (Å²) in [6, 6.07) is 61.3. The second-order valence-corrected chi connectivity index (χ2v) is 12.6. The Balaban J connectivity index is 1.12. The van der Waals surface area contributed by atoms with Crippen molar-refractivity contribution in [1.29, 1.82) is 0 Å². The molecule has 0 saturated carbocycles. The SMILES string of the molecule is c1ccc(-c2ccc(-c3cc(-c4ccccc4)nc(-c4ccc5c(c4)oc4c(-n6c7ccccc7c7ccccc76)cccc45)n3)cc2)cc1. The number of aromatic nitrogens is 3. The predicted molar refractivity (Wildman–Crippen MR) is 205 cm³/mol. The average molecular weight is 640 g/mol. The van der Waals surface area contributed by atoms with Gasteiger partial charge in [0.2, 0.25) is 0 Å². The molecule has 0 N–H and O–H groups in total. The molecule has 0 aliphatic carbocycles. The molecule has 0 aliphatic heterocycles. The minimum absolute atomic E-state index is 0.651. The number of rotatable bonds is 5. The van der Waals surface area contributed by atoms with E-state index in [-0.39, 0.29) is 0 Å².